The Labute approximate surface area is 76.0 Å². The van der Waals surface area contributed by atoms with Crippen molar-refractivity contribution in [2.24, 2.45) is 0 Å². The van der Waals surface area contributed by atoms with Crippen molar-refractivity contribution in [1.82, 2.24) is 4.98 Å². The van der Waals surface area contributed by atoms with E-state index >= 15 is 0 Å². The molecular formula is C7H4BrNOS. The van der Waals surface area contributed by atoms with Crippen molar-refractivity contribution in [1.29, 1.82) is 0 Å². The lowest BCUT2D eigenvalue weighted by Gasteiger charge is -1.84. The molecule has 0 aliphatic heterocycles. The van der Waals surface area contributed by atoms with Crippen LogP contribution in [0.25, 0.3) is 10.8 Å². The van der Waals surface area contributed by atoms with Gasteiger partial charge in [0.2, 0.25) is 0 Å². The third-order valence-electron chi connectivity index (χ3n) is 1.21. The predicted octanol–water partition coefficient (Wildman–Crippen LogP) is 3.17. The van der Waals surface area contributed by atoms with Crippen LogP contribution in [0.2, 0.25) is 0 Å². The minimum atomic E-state index is 0.820. The molecule has 2 heterocycles. The SMILES string of the molecule is Brc1csc(-c2ccco2)n1. The Morgan fingerprint density at radius 3 is 3.00 bits per heavy atom. The molecule has 2 aromatic heterocycles. The summed E-state index contributed by atoms with van der Waals surface area (Å²) in [6, 6.07) is 3.75. The van der Waals surface area contributed by atoms with Crippen LogP contribution in [0.1, 0.15) is 0 Å². The van der Waals surface area contributed by atoms with Gasteiger partial charge in [0.1, 0.15) is 4.60 Å². The van der Waals surface area contributed by atoms with Crippen molar-refractivity contribution in [3.63, 3.8) is 0 Å². The molecule has 0 saturated heterocycles. The van der Waals surface area contributed by atoms with Crippen LogP contribution >= 0.6 is 27.3 Å². The van der Waals surface area contributed by atoms with E-state index in [0.717, 1.165) is 15.4 Å². The molecule has 0 radical (unpaired) electrons. The van der Waals surface area contributed by atoms with Gasteiger partial charge in [0, 0.05) is 5.38 Å². The summed E-state index contributed by atoms with van der Waals surface area (Å²) in [5.74, 6) is 0.820. The molecule has 0 saturated carbocycles. The molecule has 0 amide bonds. The molecule has 2 rings (SSSR count). The maximum Gasteiger partial charge on any atom is 0.162 e. The summed E-state index contributed by atoms with van der Waals surface area (Å²) in [5, 5.41) is 2.83. The minimum Gasteiger partial charge on any atom is -0.462 e. The summed E-state index contributed by atoms with van der Waals surface area (Å²) in [4.78, 5) is 4.19. The van der Waals surface area contributed by atoms with Crippen molar-refractivity contribution < 1.29 is 4.42 Å². The molecular weight excluding hydrogens is 226 g/mol. The maximum atomic E-state index is 5.16. The molecule has 0 N–H and O–H groups in total. The van der Waals surface area contributed by atoms with Gasteiger partial charge in [-0.25, -0.2) is 4.98 Å². The fraction of sp³-hybridized carbons (Fsp3) is 0. The van der Waals surface area contributed by atoms with Crippen LogP contribution in [0.4, 0.5) is 0 Å². The van der Waals surface area contributed by atoms with E-state index < -0.39 is 0 Å². The van der Waals surface area contributed by atoms with Crippen LogP contribution < -0.4 is 0 Å². The molecule has 0 atom stereocenters. The highest BCUT2D eigenvalue weighted by Crippen LogP contribution is 2.25. The first kappa shape index (κ1) is 7.06. The number of nitrogens with zero attached hydrogens (tertiary/aromatic N) is 1. The monoisotopic (exact) mass is 229 g/mol. The summed E-state index contributed by atoms with van der Waals surface area (Å²) in [6.07, 6.45) is 1.64. The van der Waals surface area contributed by atoms with E-state index in [9.17, 15) is 0 Å². The highest BCUT2D eigenvalue weighted by molar-refractivity contribution is 9.10. The second kappa shape index (κ2) is 2.79. The van der Waals surface area contributed by atoms with Crippen molar-refractivity contribution in [2.75, 3.05) is 0 Å². The largest absolute Gasteiger partial charge is 0.462 e. The van der Waals surface area contributed by atoms with Gasteiger partial charge in [-0.05, 0) is 28.1 Å². The first-order valence-corrected chi connectivity index (χ1v) is 4.68. The number of furan rings is 1. The van der Waals surface area contributed by atoms with E-state index in [1.54, 1.807) is 17.6 Å². The van der Waals surface area contributed by atoms with E-state index in [4.69, 9.17) is 4.42 Å². The molecule has 0 aromatic carbocycles. The first-order chi connectivity index (χ1) is 5.36. The smallest absolute Gasteiger partial charge is 0.162 e. The Hall–Kier alpha value is -0.610. The van der Waals surface area contributed by atoms with Gasteiger partial charge in [-0.1, -0.05) is 0 Å². The second-order valence-corrected chi connectivity index (χ2v) is 3.62. The summed E-state index contributed by atoms with van der Waals surface area (Å²) in [6.45, 7) is 0. The van der Waals surface area contributed by atoms with Crippen molar-refractivity contribution >= 4 is 27.3 Å². The van der Waals surface area contributed by atoms with Gasteiger partial charge in [0.15, 0.2) is 10.8 Å². The van der Waals surface area contributed by atoms with E-state index in [1.165, 1.54) is 0 Å². The van der Waals surface area contributed by atoms with Crippen LogP contribution in [0, 0.1) is 0 Å². The zero-order valence-electron chi connectivity index (χ0n) is 5.45. The quantitative estimate of drug-likeness (QED) is 0.751. The molecule has 0 spiro atoms. The standard InChI is InChI=1S/C7H4BrNOS/c8-6-4-11-7(9-6)5-2-1-3-10-5/h1-4H. The summed E-state index contributed by atoms with van der Waals surface area (Å²) in [7, 11) is 0. The van der Waals surface area contributed by atoms with E-state index in [-0.39, 0.29) is 0 Å². The molecule has 2 aromatic rings. The van der Waals surface area contributed by atoms with Crippen molar-refractivity contribution in [2.45, 2.75) is 0 Å². The Balaban J connectivity index is 2.45. The molecule has 2 nitrogen and oxygen atoms in total. The number of aromatic nitrogens is 1. The average Bonchev–Trinajstić information content (AvgIpc) is 2.55. The average molecular weight is 230 g/mol. The molecule has 4 heteroatoms. The Morgan fingerprint density at radius 1 is 1.55 bits per heavy atom. The normalized spacial score (nSPS) is 10.3. The fourth-order valence-electron chi connectivity index (χ4n) is 0.768. The minimum absolute atomic E-state index is 0.820. The topological polar surface area (TPSA) is 26.0 Å². The van der Waals surface area contributed by atoms with Crippen molar-refractivity contribution in [3.05, 3.63) is 28.4 Å². The van der Waals surface area contributed by atoms with Crippen molar-refractivity contribution in [3.8, 4) is 10.8 Å². The second-order valence-electron chi connectivity index (χ2n) is 1.95. The highest BCUT2D eigenvalue weighted by Gasteiger charge is 2.03. The molecule has 0 aliphatic carbocycles. The summed E-state index contributed by atoms with van der Waals surface area (Å²) in [5.41, 5.74) is 0. The number of hydrogen-bond acceptors (Lipinski definition) is 3. The lowest BCUT2D eigenvalue weighted by atomic mass is 10.5. The zero-order valence-corrected chi connectivity index (χ0v) is 7.85. The van der Waals surface area contributed by atoms with Gasteiger partial charge in [-0.15, -0.1) is 11.3 Å². The molecule has 0 unspecified atom stereocenters. The van der Waals surface area contributed by atoms with Crippen LogP contribution in [0.15, 0.2) is 32.8 Å². The van der Waals surface area contributed by atoms with Gasteiger partial charge in [-0.2, -0.15) is 0 Å². The zero-order chi connectivity index (χ0) is 7.68. The van der Waals surface area contributed by atoms with Gasteiger partial charge in [-0.3, -0.25) is 0 Å². The third kappa shape index (κ3) is 1.36. The molecule has 0 aliphatic rings. The number of hydrogen-bond donors (Lipinski definition) is 0. The molecule has 0 fully saturated rings. The van der Waals surface area contributed by atoms with E-state index in [1.807, 2.05) is 17.5 Å². The number of rotatable bonds is 1. The lowest BCUT2D eigenvalue weighted by molar-refractivity contribution is 0.582. The molecule has 56 valence electrons. The van der Waals surface area contributed by atoms with Gasteiger partial charge in [0.25, 0.3) is 0 Å². The van der Waals surface area contributed by atoms with Crippen LogP contribution in [0.3, 0.4) is 0 Å². The van der Waals surface area contributed by atoms with Crippen LogP contribution in [0.5, 0.6) is 0 Å². The van der Waals surface area contributed by atoms with Gasteiger partial charge < -0.3 is 4.42 Å². The van der Waals surface area contributed by atoms with E-state index in [0.29, 0.717) is 0 Å². The predicted molar refractivity (Wildman–Crippen MR) is 47.5 cm³/mol. The molecule has 0 bridgehead atoms. The van der Waals surface area contributed by atoms with Gasteiger partial charge in [0.05, 0.1) is 6.26 Å². The van der Waals surface area contributed by atoms with Crippen LogP contribution in [-0.2, 0) is 0 Å². The number of thiazole rings is 1. The van der Waals surface area contributed by atoms with E-state index in [2.05, 4.69) is 20.9 Å². The lowest BCUT2D eigenvalue weighted by Crippen LogP contribution is -1.68. The maximum absolute atomic E-state index is 5.16. The van der Waals surface area contributed by atoms with Crippen LogP contribution in [-0.4, -0.2) is 4.98 Å². The Morgan fingerprint density at radius 2 is 2.45 bits per heavy atom. The van der Waals surface area contributed by atoms with Gasteiger partial charge >= 0.3 is 0 Å². The first-order valence-electron chi connectivity index (χ1n) is 3.01. The number of halogens is 1. The molecule has 11 heavy (non-hydrogen) atoms. The third-order valence-corrected chi connectivity index (χ3v) is 2.77. The fourth-order valence-corrected chi connectivity index (χ4v) is 1.99. The Bertz CT molecular complexity index is 341. The summed E-state index contributed by atoms with van der Waals surface area (Å²) < 4.78 is 6.02. The Kier molecular flexibility index (Phi) is 1.79. The summed E-state index contributed by atoms with van der Waals surface area (Å²) >= 11 is 4.83. The highest BCUT2D eigenvalue weighted by atomic mass is 79.9.